The molecular weight excluding hydrogens is 432 g/mol. The number of cyclic esters (lactones) is 1. The van der Waals surface area contributed by atoms with Crippen molar-refractivity contribution in [3.05, 3.63) is 89.2 Å². The molecule has 172 valence electrons. The Morgan fingerprint density at radius 1 is 1.00 bits per heavy atom. The van der Waals surface area contributed by atoms with Crippen LogP contribution in [0.25, 0.3) is 22.1 Å². The first-order valence-electron chi connectivity index (χ1n) is 11.4. The molecule has 0 amide bonds. The van der Waals surface area contributed by atoms with Gasteiger partial charge in [-0.1, -0.05) is 24.3 Å². The molecule has 6 heteroatoms. The minimum absolute atomic E-state index is 0.228. The van der Waals surface area contributed by atoms with E-state index in [9.17, 15) is 9.90 Å². The quantitative estimate of drug-likeness (QED) is 0.408. The van der Waals surface area contributed by atoms with Crippen LogP contribution in [0.15, 0.2) is 71.3 Å². The molecular formula is C28H24O6. The molecule has 3 aromatic carbocycles. The van der Waals surface area contributed by atoms with Crippen molar-refractivity contribution in [3.63, 3.8) is 0 Å². The Labute approximate surface area is 196 Å². The molecule has 6 rings (SSSR count). The van der Waals surface area contributed by atoms with E-state index in [1.807, 2.05) is 60.7 Å². The number of aliphatic hydroxyl groups is 1. The topological polar surface area (TPSA) is 78.1 Å². The summed E-state index contributed by atoms with van der Waals surface area (Å²) in [5, 5.41) is 12.9. The standard InChI is InChI=1S/C28H24O6/c29-27-23-14-19-6-7-21(15-22(19)26(24(23)17-34-27)25-5-2-10-32-25)33-16-18-3-1-4-20(13-18)28(30)8-11-31-12-9-28/h1-7,10,13-15,30H,8-9,11-12,16-17H2. The first-order valence-corrected chi connectivity index (χ1v) is 11.4. The highest BCUT2D eigenvalue weighted by molar-refractivity contribution is 6.06. The summed E-state index contributed by atoms with van der Waals surface area (Å²) in [6, 6.07) is 19.3. The van der Waals surface area contributed by atoms with Gasteiger partial charge in [0, 0.05) is 37.2 Å². The molecule has 1 aromatic heterocycles. The molecule has 0 bridgehead atoms. The molecule has 1 saturated heterocycles. The SMILES string of the molecule is O=C1OCc2c1cc1ccc(OCc3cccc(C4(O)CCOCC4)c3)cc1c2-c1ccco1. The van der Waals surface area contributed by atoms with Gasteiger partial charge in [0.15, 0.2) is 0 Å². The molecule has 2 aliphatic rings. The summed E-state index contributed by atoms with van der Waals surface area (Å²) < 4.78 is 22.6. The summed E-state index contributed by atoms with van der Waals surface area (Å²) in [7, 11) is 0. The third-order valence-corrected chi connectivity index (χ3v) is 6.75. The van der Waals surface area contributed by atoms with Crippen molar-refractivity contribution < 1.29 is 28.5 Å². The maximum Gasteiger partial charge on any atom is 0.338 e. The Balaban J connectivity index is 1.32. The average Bonchev–Trinajstić information content (AvgIpc) is 3.52. The van der Waals surface area contributed by atoms with Gasteiger partial charge in [-0.3, -0.25) is 0 Å². The van der Waals surface area contributed by atoms with Crippen LogP contribution in [0.1, 0.15) is 39.9 Å². The Morgan fingerprint density at radius 3 is 2.71 bits per heavy atom. The van der Waals surface area contributed by atoms with Gasteiger partial charge in [-0.25, -0.2) is 4.79 Å². The van der Waals surface area contributed by atoms with E-state index >= 15 is 0 Å². The molecule has 0 spiro atoms. The van der Waals surface area contributed by atoms with Crippen LogP contribution in [-0.4, -0.2) is 24.3 Å². The van der Waals surface area contributed by atoms with Crippen molar-refractivity contribution in [1.29, 1.82) is 0 Å². The second-order valence-electron chi connectivity index (χ2n) is 8.85. The van der Waals surface area contributed by atoms with Crippen molar-refractivity contribution in [2.45, 2.75) is 31.7 Å². The predicted molar refractivity (Wildman–Crippen MR) is 125 cm³/mol. The summed E-state index contributed by atoms with van der Waals surface area (Å²) in [5.41, 5.74) is 3.30. The molecule has 0 unspecified atom stereocenters. The monoisotopic (exact) mass is 456 g/mol. The molecule has 1 fully saturated rings. The van der Waals surface area contributed by atoms with Crippen LogP contribution in [-0.2, 0) is 28.3 Å². The lowest BCUT2D eigenvalue weighted by Gasteiger charge is -2.32. The maximum absolute atomic E-state index is 12.2. The number of fused-ring (bicyclic) bond motifs is 2. The molecule has 4 aromatic rings. The van der Waals surface area contributed by atoms with E-state index in [0.29, 0.717) is 49.7 Å². The van der Waals surface area contributed by atoms with Crippen molar-refractivity contribution >= 4 is 16.7 Å². The fourth-order valence-corrected chi connectivity index (χ4v) is 4.87. The zero-order chi connectivity index (χ0) is 23.1. The van der Waals surface area contributed by atoms with Crippen LogP contribution in [0.3, 0.4) is 0 Å². The van der Waals surface area contributed by atoms with Gasteiger partial charge >= 0.3 is 5.97 Å². The lowest BCUT2D eigenvalue weighted by Crippen LogP contribution is -2.33. The van der Waals surface area contributed by atoms with Crippen LogP contribution < -0.4 is 4.74 Å². The van der Waals surface area contributed by atoms with Crippen LogP contribution in [0, 0.1) is 0 Å². The van der Waals surface area contributed by atoms with Crippen molar-refractivity contribution in [2.75, 3.05) is 13.2 Å². The number of carbonyl (C=O) groups is 1. The predicted octanol–water partition coefficient (Wildman–Crippen LogP) is 5.35. The van der Waals surface area contributed by atoms with Crippen LogP contribution in [0.2, 0.25) is 0 Å². The normalized spacial score (nSPS) is 16.9. The number of benzene rings is 3. The molecule has 3 heterocycles. The van der Waals surface area contributed by atoms with Crippen LogP contribution in [0.4, 0.5) is 0 Å². The second-order valence-corrected chi connectivity index (χ2v) is 8.85. The Hall–Kier alpha value is -3.61. The molecule has 0 saturated carbocycles. The fourth-order valence-electron chi connectivity index (χ4n) is 4.87. The maximum atomic E-state index is 12.2. The minimum Gasteiger partial charge on any atom is -0.489 e. The fraction of sp³-hybridized carbons (Fsp3) is 0.250. The first kappa shape index (κ1) is 21.0. The van der Waals surface area contributed by atoms with Crippen LogP contribution in [0.5, 0.6) is 5.75 Å². The number of esters is 1. The van der Waals surface area contributed by atoms with Gasteiger partial charge in [0.1, 0.15) is 24.7 Å². The molecule has 34 heavy (non-hydrogen) atoms. The highest BCUT2D eigenvalue weighted by atomic mass is 16.5. The highest BCUT2D eigenvalue weighted by Crippen LogP contribution is 2.40. The summed E-state index contributed by atoms with van der Waals surface area (Å²) in [4.78, 5) is 12.2. The summed E-state index contributed by atoms with van der Waals surface area (Å²) in [6.07, 6.45) is 2.81. The highest BCUT2D eigenvalue weighted by Gasteiger charge is 2.32. The third-order valence-electron chi connectivity index (χ3n) is 6.75. The van der Waals surface area contributed by atoms with Gasteiger partial charge in [-0.2, -0.15) is 0 Å². The zero-order valence-electron chi connectivity index (χ0n) is 18.6. The van der Waals surface area contributed by atoms with E-state index in [-0.39, 0.29) is 12.6 Å². The van der Waals surface area contributed by atoms with E-state index in [4.69, 9.17) is 18.6 Å². The van der Waals surface area contributed by atoms with Crippen molar-refractivity contribution in [3.8, 4) is 17.1 Å². The number of hydrogen-bond donors (Lipinski definition) is 1. The average molecular weight is 456 g/mol. The summed E-state index contributed by atoms with van der Waals surface area (Å²) in [6.45, 7) is 1.72. The van der Waals surface area contributed by atoms with E-state index < -0.39 is 5.60 Å². The number of furan rings is 1. The van der Waals surface area contributed by atoms with Crippen molar-refractivity contribution in [1.82, 2.24) is 0 Å². The van der Waals surface area contributed by atoms with E-state index in [1.54, 1.807) is 6.26 Å². The molecule has 6 nitrogen and oxygen atoms in total. The largest absolute Gasteiger partial charge is 0.489 e. The third kappa shape index (κ3) is 3.65. The number of carbonyl (C=O) groups excluding carboxylic acids is 1. The minimum atomic E-state index is -0.852. The van der Waals surface area contributed by atoms with E-state index in [2.05, 4.69) is 0 Å². The van der Waals surface area contributed by atoms with Gasteiger partial charge in [0.25, 0.3) is 0 Å². The Kier molecular flexibility index (Phi) is 5.12. The molecule has 0 aliphatic carbocycles. The van der Waals surface area contributed by atoms with Gasteiger partial charge in [0.2, 0.25) is 0 Å². The lowest BCUT2D eigenvalue weighted by molar-refractivity contribution is -0.0679. The van der Waals surface area contributed by atoms with Gasteiger partial charge in [0.05, 0.1) is 17.4 Å². The van der Waals surface area contributed by atoms with Crippen LogP contribution >= 0.6 is 0 Å². The van der Waals surface area contributed by atoms with E-state index in [1.165, 1.54) is 0 Å². The summed E-state index contributed by atoms with van der Waals surface area (Å²) >= 11 is 0. The number of rotatable bonds is 5. The molecule has 2 aliphatic heterocycles. The number of ether oxygens (including phenoxy) is 3. The Morgan fingerprint density at radius 2 is 1.88 bits per heavy atom. The second kappa shape index (κ2) is 8.31. The number of hydrogen-bond acceptors (Lipinski definition) is 6. The lowest BCUT2D eigenvalue weighted by atomic mass is 9.86. The van der Waals surface area contributed by atoms with E-state index in [0.717, 1.165) is 33.0 Å². The molecule has 0 radical (unpaired) electrons. The van der Waals surface area contributed by atoms with Gasteiger partial charge in [-0.15, -0.1) is 0 Å². The zero-order valence-corrected chi connectivity index (χ0v) is 18.6. The van der Waals surface area contributed by atoms with Crippen molar-refractivity contribution in [2.24, 2.45) is 0 Å². The Bertz CT molecular complexity index is 1370. The summed E-state index contributed by atoms with van der Waals surface area (Å²) in [5.74, 6) is 1.09. The first-order chi connectivity index (χ1) is 16.6. The van der Waals surface area contributed by atoms with Gasteiger partial charge in [-0.05, 0) is 58.3 Å². The van der Waals surface area contributed by atoms with Gasteiger partial charge < -0.3 is 23.7 Å². The molecule has 0 atom stereocenters. The smallest absolute Gasteiger partial charge is 0.338 e. The molecule has 1 N–H and O–H groups in total.